The first-order valence-electron chi connectivity index (χ1n) is 12.8. The van der Waals surface area contributed by atoms with Gasteiger partial charge in [-0.25, -0.2) is 9.79 Å². The fraction of sp³-hybridized carbons (Fsp3) is 0.519. The molecule has 0 saturated carbocycles. The summed E-state index contributed by atoms with van der Waals surface area (Å²) in [5.41, 5.74) is 2.43. The summed E-state index contributed by atoms with van der Waals surface area (Å²) in [5, 5.41) is 5.64. The molecular weight excluding hydrogens is 508 g/mol. The molecule has 1 aromatic rings. The van der Waals surface area contributed by atoms with Gasteiger partial charge in [0, 0.05) is 37.4 Å². The summed E-state index contributed by atoms with van der Waals surface area (Å²) in [4.78, 5) is 35.3. The predicted octanol–water partition coefficient (Wildman–Crippen LogP) is 3.07. The first-order chi connectivity index (χ1) is 18.3. The van der Waals surface area contributed by atoms with Crippen LogP contribution in [0.3, 0.4) is 0 Å². The quantitative estimate of drug-likeness (QED) is 0.445. The van der Waals surface area contributed by atoms with Gasteiger partial charge in [-0.1, -0.05) is 23.9 Å². The minimum atomic E-state index is -0.610. The number of nitrogens with one attached hydrogen (secondary N) is 1. The number of esters is 1. The van der Waals surface area contributed by atoms with Crippen molar-refractivity contribution in [2.75, 3.05) is 53.6 Å². The number of amides is 1. The van der Waals surface area contributed by atoms with E-state index in [9.17, 15) is 9.59 Å². The monoisotopic (exact) mass is 544 g/mol. The van der Waals surface area contributed by atoms with E-state index in [-0.39, 0.29) is 18.4 Å². The number of thioether (sulfide) groups is 1. The number of benzene rings is 1. The van der Waals surface area contributed by atoms with Gasteiger partial charge in [0.25, 0.3) is 0 Å². The van der Waals surface area contributed by atoms with Gasteiger partial charge in [0.2, 0.25) is 5.91 Å². The van der Waals surface area contributed by atoms with Crippen LogP contribution in [-0.2, 0) is 19.1 Å². The normalized spacial score (nSPS) is 19.6. The highest BCUT2D eigenvalue weighted by atomic mass is 32.2. The number of rotatable bonds is 10. The number of nitrogens with zero attached hydrogens (tertiary/aromatic N) is 3. The number of aliphatic imine (C=N–C) groups is 1. The van der Waals surface area contributed by atoms with Crippen molar-refractivity contribution in [1.82, 2.24) is 15.1 Å². The highest BCUT2D eigenvalue weighted by Crippen LogP contribution is 2.48. The van der Waals surface area contributed by atoms with E-state index in [4.69, 9.17) is 23.9 Å². The molecule has 3 heterocycles. The number of ether oxygens (including phenoxy) is 4. The first kappa shape index (κ1) is 28.0. The molecule has 10 nitrogen and oxygen atoms in total. The Morgan fingerprint density at radius 1 is 1.21 bits per heavy atom. The Morgan fingerprint density at radius 2 is 1.97 bits per heavy atom. The third-order valence-corrected chi connectivity index (χ3v) is 7.38. The lowest BCUT2D eigenvalue weighted by atomic mass is 9.92. The third-order valence-electron chi connectivity index (χ3n) is 6.49. The lowest BCUT2D eigenvalue weighted by molar-refractivity contribution is -0.143. The maximum absolute atomic E-state index is 13.4. The second-order valence-corrected chi connectivity index (χ2v) is 10.2. The van der Waals surface area contributed by atoms with Gasteiger partial charge in [0.1, 0.15) is 0 Å². The number of para-hydroxylation sites is 1. The number of fused-ring (bicyclic) bond motifs is 1. The van der Waals surface area contributed by atoms with E-state index < -0.39 is 12.0 Å². The standard InChI is InChI=1S/C27H36N4O6S/c1-17(2)37-26(33)23-18(3)29-27-31(24(23)20-7-6-8-21(34-4)25(20)35-5)19(16-38-27)15-22(32)28-9-10-30-11-13-36-14-12-30/h6-8,16-17,24H,9-15H2,1-5H3,(H,28,32). The molecule has 0 aromatic heterocycles. The first-order valence-corrected chi connectivity index (χ1v) is 13.6. The van der Waals surface area contributed by atoms with Gasteiger partial charge < -0.3 is 29.2 Å². The Bertz CT molecular complexity index is 1140. The zero-order valence-electron chi connectivity index (χ0n) is 22.6. The fourth-order valence-electron chi connectivity index (χ4n) is 4.74. The third kappa shape index (κ3) is 6.16. The average molecular weight is 545 g/mol. The Balaban J connectivity index is 1.61. The number of allylic oxidation sites excluding steroid dienone is 1. The van der Waals surface area contributed by atoms with Crippen molar-refractivity contribution in [3.63, 3.8) is 0 Å². The number of hydrogen-bond acceptors (Lipinski definition) is 10. The van der Waals surface area contributed by atoms with Crippen LogP contribution in [0.15, 0.2) is 45.6 Å². The van der Waals surface area contributed by atoms with E-state index in [1.54, 1.807) is 27.2 Å². The van der Waals surface area contributed by atoms with Gasteiger partial charge >= 0.3 is 5.97 Å². The Kier molecular flexibility index (Phi) is 9.35. The van der Waals surface area contributed by atoms with E-state index in [1.807, 2.05) is 36.3 Å². The molecule has 3 aliphatic heterocycles. The Morgan fingerprint density at radius 3 is 2.66 bits per heavy atom. The summed E-state index contributed by atoms with van der Waals surface area (Å²) >= 11 is 1.43. The van der Waals surface area contributed by atoms with Crippen molar-refractivity contribution in [2.24, 2.45) is 4.99 Å². The molecule has 1 unspecified atom stereocenters. The van der Waals surface area contributed by atoms with Crippen molar-refractivity contribution in [3.05, 3.63) is 46.1 Å². The van der Waals surface area contributed by atoms with Crippen LogP contribution in [0, 0.1) is 0 Å². The van der Waals surface area contributed by atoms with Gasteiger partial charge in [-0.15, -0.1) is 0 Å². The summed E-state index contributed by atoms with van der Waals surface area (Å²) in [6.07, 6.45) is -0.162. The number of methoxy groups -OCH3 is 2. The van der Waals surface area contributed by atoms with Gasteiger partial charge in [-0.2, -0.15) is 0 Å². The van der Waals surface area contributed by atoms with Crippen LogP contribution in [0.1, 0.15) is 38.8 Å². The van der Waals surface area contributed by atoms with Gasteiger partial charge in [-0.3, -0.25) is 9.69 Å². The van der Waals surface area contributed by atoms with E-state index in [0.717, 1.165) is 44.1 Å². The number of morpholine rings is 1. The van der Waals surface area contributed by atoms with Gasteiger partial charge in [0.15, 0.2) is 16.7 Å². The van der Waals surface area contributed by atoms with Crippen molar-refractivity contribution in [2.45, 2.75) is 39.3 Å². The van der Waals surface area contributed by atoms with Crippen LogP contribution >= 0.6 is 11.8 Å². The molecule has 0 aliphatic carbocycles. The molecule has 1 amide bonds. The van der Waals surface area contributed by atoms with Gasteiger partial charge in [-0.05, 0) is 32.2 Å². The lowest BCUT2D eigenvalue weighted by Crippen LogP contribution is -2.42. The summed E-state index contributed by atoms with van der Waals surface area (Å²) in [7, 11) is 3.14. The van der Waals surface area contributed by atoms with E-state index in [0.29, 0.717) is 34.5 Å². The molecule has 1 N–H and O–H groups in total. The van der Waals surface area contributed by atoms with Crippen LogP contribution in [0.5, 0.6) is 11.5 Å². The smallest absolute Gasteiger partial charge is 0.338 e. The van der Waals surface area contributed by atoms with Crippen molar-refractivity contribution in [3.8, 4) is 11.5 Å². The minimum Gasteiger partial charge on any atom is -0.493 e. The second kappa shape index (κ2) is 12.7. The topological polar surface area (TPSA) is 102 Å². The fourth-order valence-corrected chi connectivity index (χ4v) is 5.70. The molecule has 1 fully saturated rings. The molecule has 38 heavy (non-hydrogen) atoms. The molecule has 1 atom stereocenters. The SMILES string of the molecule is COc1cccc(C2C(C(=O)OC(C)C)=C(C)N=C3SC=C(CC(=O)NCCN4CCOCC4)N32)c1OC. The Labute approximate surface area is 228 Å². The molecule has 0 bridgehead atoms. The van der Waals surface area contributed by atoms with Crippen LogP contribution in [0.4, 0.5) is 0 Å². The van der Waals surface area contributed by atoms with Crippen molar-refractivity contribution >= 4 is 28.8 Å². The molecule has 1 saturated heterocycles. The predicted molar refractivity (Wildman–Crippen MR) is 146 cm³/mol. The maximum atomic E-state index is 13.4. The highest BCUT2D eigenvalue weighted by Gasteiger charge is 2.43. The number of hydrogen-bond donors (Lipinski definition) is 1. The summed E-state index contributed by atoms with van der Waals surface area (Å²) in [6, 6.07) is 4.95. The van der Waals surface area contributed by atoms with Crippen molar-refractivity contribution < 1.29 is 28.5 Å². The zero-order chi connectivity index (χ0) is 27.2. The minimum absolute atomic E-state index is 0.0969. The molecule has 3 aliphatic rings. The van der Waals surface area contributed by atoms with Crippen molar-refractivity contribution in [1.29, 1.82) is 0 Å². The molecule has 206 valence electrons. The molecule has 0 radical (unpaired) electrons. The van der Waals surface area contributed by atoms with Crippen LogP contribution in [0.2, 0.25) is 0 Å². The van der Waals surface area contributed by atoms with Crippen LogP contribution in [0.25, 0.3) is 0 Å². The molecule has 1 aromatic carbocycles. The summed E-state index contributed by atoms with van der Waals surface area (Å²) in [6.45, 7) is 9.94. The van der Waals surface area contributed by atoms with E-state index >= 15 is 0 Å². The average Bonchev–Trinajstić information content (AvgIpc) is 3.29. The lowest BCUT2D eigenvalue weighted by Gasteiger charge is -2.37. The van der Waals surface area contributed by atoms with E-state index in [2.05, 4.69) is 10.2 Å². The number of carbonyl (C=O) groups is 2. The zero-order valence-corrected chi connectivity index (χ0v) is 23.4. The molecule has 0 spiro atoms. The number of carbonyl (C=O) groups excluding carboxylic acids is 2. The summed E-state index contributed by atoms with van der Waals surface area (Å²) < 4.78 is 22.3. The van der Waals surface area contributed by atoms with Crippen LogP contribution in [-0.4, -0.2) is 86.6 Å². The van der Waals surface area contributed by atoms with Gasteiger partial charge in [0.05, 0.1) is 57.3 Å². The molecular formula is C27H36N4O6S. The highest BCUT2D eigenvalue weighted by molar-refractivity contribution is 8.16. The number of amidine groups is 1. The Hall–Kier alpha value is -3.02. The summed E-state index contributed by atoms with van der Waals surface area (Å²) in [5.74, 6) is 0.498. The molecule has 11 heteroatoms. The second-order valence-electron chi connectivity index (χ2n) is 9.41. The maximum Gasteiger partial charge on any atom is 0.338 e. The van der Waals surface area contributed by atoms with Crippen LogP contribution < -0.4 is 14.8 Å². The molecule has 4 rings (SSSR count). The largest absolute Gasteiger partial charge is 0.493 e. The van der Waals surface area contributed by atoms with E-state index in [1.165, 1.54) is 11.8 Å².